The van der Waals surface area contributed by atoms with Crippen LogP contribution in [-0.4, -0.2) is 38.8 Å². The Bertz CT molecular complexity index is 647. The van der Waals surface area contributed by atoms with Crippen LogP contribution in [0.25, 0.3) is 0 Å². The van der Waals surface area contributed by atoms with E-state index in [-0.39, 0.29) is 18.6 Å². The second-order valence-corrected chi connectivity index (χ2v) is 5.70. The van der Waals surface area contributed by atoms with Gasteiger partial charge in [0.25, 0.3) is 5.91 Å². The average Bonchev–Trinajstić information content (AvgIpc) is 2.95. The fourth-order valence-electron chi connectivity index (χ4n) is 2.72. The van der Waals surface area contributed by atoms with Crippen molar-refractivity contribution in [2.24, 2.45) is 0 Å². The molecule has 23 heavy (non-hydrogen) atoms. The van der Waals surface area contributed by atoms with E-state index in [1.165, 1.54) is 5.56 Å². The maximum Gasteiger partial charge on any atom is 0.258 e. The van der Waals surface area contributed by atoms with Gasteiger partial charge in [-0.15, -0.1) is 5.10 Å². The number of amides is 1. The van der Waals surface area contributed by atoms with Gasteiger partial charge < -0.3 is 10.1 Å². The molecule has 0 saturated heterocycles. The monoisotopic (exact) mass is 315 g/mol. The fraction of sp³-hybridized carbons (Fsp3) is 0.500. The third-order valence-corrected chi connectivity index (χ3v) is 4.05. The number of aromatic nitrogens is 4. The molecule has 1 amide bonds. The first-order chi connectivity index (χ1) is 11.2. The molecule has 1 unspecified atom stereocenters. The first-order valence-electron chi connectivity index (χ1n) is 8.00. The Morgan fingerprint density at radius 1 is 1.43 bits per heavy atom. The number of nitrogens with zero attached hydrogens (tertiary/aromatic N) is 4. The summed E-state index contributed by atoms with van der Waals surface area (Å²) in [6, 6.07) is 7.95. The van der Waals surface area contributed by atoms with Gasteiger partial charge in [0.15, 0.2) is 12.4 Å². The Balaban J connectivity index is 1.47. The average molecular weight is 315 g/mol. The molecule has 1 aliphatic rings. The number of carbonyl (C=O) groups is 1. The Morgan fingerprint density at radius 2 is 2.35 bits per heavy atom. The number of tetrazole rings is 1. The third kappa shape index (κ3) is 4.06. The van der Waals surface area contributed by atoms with Crippen molar-refractivity contribution in [1.82, 2.24) is 25.5 Å². The summed E-state index contributed by atoms with van der Waals surface area (Å²) in [5.41, 5.74) is 1.20. The van der Waals surface area contributed by atoms with Gasteiger partial charge in [-0.25, -0.2) is 4.68 Å². The Labute approximate surface area is 135 Å². The van der Waals surface area contributed by atoms with Crippen molar-refractivity contribution in [3.05, 3.63) is 35.7 Å². The lowest BCUT2D eigenvalue weighted by atomic mass is 10.1. The largest absolute Gasteiger partial charge is 0.484 e. The Kier molecular flexibility index (Phi) is 4.85. The summed E-state index contributed by atoms with van der Waals surface area (Å²) < 4.78 is 7.38. The van der Waals surface area contributed by atoms with E-state index < -0.39 is 0 Å². The highest BCUT2D eigenvalue weighted by molar-refractivity contribution is 5.77. The zero-order valence-corrected chi connectivity index (χ0v) is 13.2. The molecule has 2 heterocycles. The zero-order chi connectivity index (χ0) is 16.1. The Morgan fingerprint density at radius 3 is 3.22 bits per heavy atom. The molecular formula is C16H21N5O2. The maximum atomic E-state index is 12.1. The summed E-state index contributed by atoms with van der Waals surface area (Å²) in [7, 11) is 0. The minimum atomic E-state index is -0.0949. The second kappa shape index (κ2) is 7.21. The van der Waals surface area contributed by atoms with Crippen molar-refractivity contribution in [1.29, 1.82) is 0 Å². The third-order valence-electron chi connectivity index (χ3n) is 4.05. The number of nitrogens with one attached hydrogen (secondary N) is 1. The zero-order valence-electron chi connectivity index (χ0n) is 13.2. The highest BCUT2D eigenvalue weighted by Gasteiger charge is 2.19. The van der Waals surface area contributed by atoms with Gasteiger partial charge in [-0.1, -0.05) is 19.1 Å². The van der Waals surface area contributed by atoms with Crippen LogP contribution < -0.4 is 10.1 Å². The lowest BCUT2D eigenvalue weighted by molar-refractivity contribution is -0.123. The minimum absolute atomic E-state index is 0.0358. The normalized spacial score (nSPS) is 17.2. The van der Waals surface area contributed by atoms with Crippen LogP contribution >= 0.6 is 0 Å². The number of aryl methyl sites for hydroxylation is 3. The molecule has 0 radical (unpaired) electrons. The molecule has 7 heteroatoms. The summed E-state index contributed by atoms with van der Waals surface area (Å²) >= 11 is 0. The van der Waals surface area contributed by atoms with E-state index in [9.17, 15) is 4.79 Å². The van der Waals surface area contributed by atoms with Gasteiger partial charge in [-0.3, -0.25) is 4.79 Å². The van der Waals surface area contributed by atoms with Crippen LogP contribution in [0, 0.1) is 0 Å². The summed E-state index contributed by atoms with van der Waals surface area (Å²) in [5, 5.41) is 14.6. The number of hydrogen-bond donors (Lipinski definition) is 1. The molecule has 1 aliphatic heterocycles. The molecule has 2 aromatic rings. The Hall–Kier alpha value is -2.44. The lowest BCUT2D eigenvalue weighted by Crippen LogP contribution is -2.38. The molecule has 0 saturated carbocycles. The number of fused-ring (bicyclic) bond motifs is 1. The van der Waals surface area contributed by atoms with Crippen molar-refractivity contribution < 1.29 is 9.53 Å². The first-order valence-corrected chi connectivity index (χ1v) is 8.00. The summed E-state index contributed by atoms with van der Waals surface area (Å²) in [4.78, 5) is 12.1. The highest BCUT2D eigenvalue weighted by Crippen LogP contribution is 2.14. The van der Waals surface area contributed by atoms with E-state index in [0.717, 1.165) is 43.8 Å². The number of ether oxygens (including phenoxy) is 1. The lowest BCUT2D eigenvalue weighted by Gasteiger charge is -2.16. The molecule has 0 bridgehead atoms. The van der Waals surface area contributed by atoms with Crippen LogP contribution in [0.3, 0.4) is 0 Å². The van der Waals surface area contributed by atoms with E-state index in [0.29, 0.717) is 0 Å². The highest BCUT2D eigenvalue weighted by atomic mass is 16.5. The molecule has 1 atom stereocenters. The summed E-state index contributed by atoms with van der Waals surface area (Å²) in [5.74, 6) is 1.52. The van der Waals surface area contributed by atoms with Crippen molar-refractivity contribution in [3.8, 4) is 5.75 Å². The molecular weight excluding hydrogens is 294 g/mol. The number of rotatable bonds is 5. The van der Waals surface area contributed by atoms with Crippen molar-refractivity contribution in [3.63, 3.8) is 0 Å². The van der Waals surface area contributed by atoms with Gasteiger partial charge in [0, 0.05) is 19.0 Å². The van der Waals surface area contributed by atoms with Gasteiger partial charge in [0.2, 0.25) is 0 Å². The van der Waals surface area contributed by atoms with Crippen LogP contribution in [0.2, 0.25) is 0 Å². The van der Waals surface area contributed by atoms with Crippen molar-refractivity contribution >= 4 is 5.91 Å². The predicted octanol–water partition coefficient (Wildman–Crippen LogP) is 1.14. The van der Waals surface area contributed by atoms with Gasteiger partial charge in [-0.2, -0.15) is 0 Å². The maximum absolute atomic E-state index is 12.1. The first kappa shape index (κ1) is 15.5. The van der Waals surface area contributed by atoms with Crippen molar-refractivity contribution in [2.45, 2.75) is 45.2 Å². The minimum Gasteiger partial charge on any atom is -0.484 e. The molecule has 1 aromatic heterocycles. The molecule has 0 spiro atoms. The van der Waals surface area contributed by atoms with Crippen LogP contribution in [0.15, 0.2) is 24.3 Å². The molecule has 7 nitrogen and oxygen atoms in total. The number of hydrogen-bond acceptors (Lipinski definition) is 5. The van der Waals surface area contributed by atoms with Gasteiger partial charge >= 0.3 is 0 Å². The second-order valence-electron chi connectivity index (χ2n) is 5.70. The standard InChI is InChI=1S/C16H21N5O2/c1-2-12-4-3-5-14(10-12)23-11-16(22)17-13-6-7-15-18-19-20-21(15)9-8-13/h3-5,10,13H,2,6-9,11H2,1H3,(H,17,22). The molecule has 1 N–H and O–H groups in total. The van der Waals surface area contributed by atoms with Crippen LogP contribution in [-0.2, 0) is 24.2 Å². The van der Waals surface area contributed by atoms with Gasteiger partial charge in [0.1, 0.15) is 5.75 Å². The summed E-state index contributed by atoms with van der Waals surface area (Å²) in [6.45, 7) is 2.86. The van der Waals surface area contributed by atoms with Crippen LogP contribution in [0.1, 0.15) is 31.2 Å². The number of carbonyl (C=O) groups excluding carboxylic acids is 1. The molecule has 0 fully saturated rings. The van der Waals surface area contributed by atoms with E-state index in [2.05, 4.69) is 27.8 Å². The van der Waals surface area contributed by atoms with Crippen LogP contribution in [0.4, 0.5) is 0 Å². The van der Waals surface area contributed by atoms with Gasteiger partial charge in [-0.05, 0) is 47.4 Å². The molecule has 122 valence electrons. The topological polar surface area (TPSA) is 81.9 Å². The molecule has 0 aliphatic carbocycles. The van der Waals surface area contributed by atoms with Crippen molar-refractivity contribution in [2.75, 3.05) is 6.61 Å². The van der Waals surface area contributed by atoms with E-state index in [4.69, 9.17) is 4.74 Å². The smallest absolute Gasteiger partial charge is 0.258 e. The molecule has 3 rings (SSSR count). The summed E-state index contributed by atoms with van der Waals surface area (Å²) in [6.07, 6.45) is 3.40. The fourth-order valence-corrected chi connectivity index (χ4v) is 2.72. The predicted molar refractivity (Wildman–Crippen MR) is 84.0 cm³/mol. The van der Waals surface area contributed by atoms with Gasteiger partial charge in [0.05, 0.1) is 0 Å². The quantitative estimate of drug-likeness (QED) is 0.894. The van der Waals surface area contributed by atoms with E-state index in [1.807, 2.05) is 24.3 Å². The number of benzene rings is 1. The SMILES string of the molecule is CCc1cccc(OCC(=O)NC2CCc3nnnn3CC2)c1. The molecule has 1 aromatic carbocycles. The van der Waals surface area contributed by atoms with E-state index >= 15 is 0 Å². The van der Waals surface area contributed by atoms with E-state index in [1.54, 1.807) is 4.68 Å². The van der Waals surface area contributed by atoms with Crippen LogP contribution in [0.5, 0.6) is 5.75 Å².